The number of hydrogen-bond acceptors (Lipinski definition) is 6. The number of methoxy groups -OCH3 is 1. The number of ether oxygens (including phenoxy) is 2. The van der Waals surface area contributed by atoms with Crippen LogP contribution in [0.3, 0.4) is 0 Å². The minimum absolute atomic E-state index is 0.0996. The summed E-state index contributed by atoms with van der Waals surface area (Å²) in [5.41, 5.74) is 0.678. The van der Waals surface area contributed by atoms with Gasteiger partial charge in [0, 0.05) is 6.07 Å². The molecule has 8 heteroatoms. The molecule has 2 rings (SSSR count). The lowest BCUT2D eigenvalue weighted by Crippen LogP contribution is -2.12. The zero-order valence-corrected chi connectivity index (χ0v) is 12.0. The minimum Gasteiger partial charge on any atom is -0.493 e. The van der Waals surface area contributed by atoms with Crippen LogP contribution in [0.25, 0.3) is 0 Å². The molecule has 0 saturated carbocycles. The molecule has 3 N–H and O–H groups in total. The van der Waals surface area contributed by atoms with Crippen molar-refractivity contribution in [3.05, 3.63) is 42.1 Å². The molecule has 112 valence electrons. The summed E-state index contributed by atoms with van der Waals surface area (Å²) in [6.07, 6.45) is 1.11. The molecule has 0 bridgehead atoms. The summed E-state index contributed by atoms with van der Waals surface area (Å²) >= 11 is 0. The molecule has 1 heterocycles. The van der Waals surface area contributed by atoms with Crippen molar-refractivity contribution < 1.29 is 23.0 Å². The van der Waals surface area contributed by atoms with E-state index >= 15 is 0 Å². The van der Waals surface area contributed by atoms with Crippen LogP contribution in [0.1, 0.15) is 5.56 Å². The van der Waals surface area contributed by atoms with Gasteiger partial charge in [0.05, 0.1) is 19.9 Å². The molecule has 0 amide bonds. The Bertz CT molecular complexity index is 729. The van der Waals surface area contributed by atoms with Gasteiger partial charge in [0.25, 0.3) is 0 Å². The van der Waals surface area contributed by atoms with Gasteiger partial charge in [0.1, 0.15) is 4.90 Å². The van der Waals surface area contributed by atoms with E-state index in [0.717, 1.165) is 6.20 Å². The van der Waals surface area contributed by atoms with Crippen molar-refractivity contribution in [1.82, 2.24) is 4.98 Å². The number of benzene rings is 1. The lowest BCUT2D eigenvalue weighted by Gasteiger charge is -2.10. The quantitative estimate of drug-likeness (QED) is 0.853. The first-order chi connectivity index (χ1) is 9.94. The SMILES string of the molecule is COc1cc(CO)ccc1Oc1ccc(S(N)(=O)=O)cn1. The highest BCUT2D eigenvalue weighted by molar-refractivity contribution is 7.89. The van der Waals surface area contributed by atoms with Gasteiger partial charge in [-0.15, -0.1) is 0 Å². The van der Waals surface area contributed by atoms with Gasteiger partial charge in [0.2, 0.25) is 15.9 Å². The van der Waals surface area contributed by atoms with E-state index < -0.39 is 10.0 Å². The number of sulfonamides is 1. The van der Waals surface area contributed by atoms with Gasteiger partial charge < -0.3 is 14.6 Å². The minimum atomic E-state index is -3.78. The number of pyridine rings is 1. The first-order valence-electron chi connectivity index (χ1n) is 5.88. The Labute approximate surface area is 122 Å². The largest absolute Gasteiger partial charge is 0.493 e. The van der Waals surface area contributed by atoms with Gasteiger partial charge >= 0.3 is 0 Å². The molecule has 21 heavy (non-hydrogen) atoms. The van der Waals surface area contributed by atoms with Crippen molar-refractivity contribution in [3.63, 3.8) is 0 Å². The molecule has 0 unspecified atom stereocenters. The van der Waals surface area contributed by atoms with Gasteiger partial charge in [-0.2, -0.15) is 0 Å². The smallest absolute Gasteiger partial charge is 0.239 e. The molecule has 0 aliphatic carbocycles. The van der Waals surface area contributed by atoms with E-state index in [1.807, 2.05) is 0 Å². The molecule has 0 aliphatic rings. The second-order valence-electron chi connectivity index (χ2n) is 4.12. The van der Waals surface area contributed by atoms with E-state index in [-0.39, 0.29) is 17.4 Å². The first kappa shape index (κ1) is 15.2. The van der Waals surface area contributed by atoms with Crippen LogP contribution in [0.4, 0.5) is 0 Å². The number of nitrogens with two attached hydrogens (primary N) is 1. The third-order valence-electron chi connectivity index (χ3n) is 2.66. The number of aliphatic hydroxyl groups excluding tert-OH is 1. The highest BCUT2D eigenvalue weighted by Crippen LogP contribution is 2.31. The summed E-state index contributed by atoms with van der Waals surface area (Å²) in [4.78, 5) is 3.77. The van der Waals surface area contributed by atoms with Crippen molar-refractivity contribution in [3.8, 4) is 17.4 Å². The number of primary sulfonamides is 1. The van der Waals surface area contributed by atoms with E-state index in [0.29, 0.717) is 17.1 Å². The van der Waals surface area contributed by atoms with Crippen LogP contribution in [-0.2, 0) is 16.6 Å². The van der Waals surface area contributed by atoms with Gasteiger partial charge in [-0.25, -0.2) is 18.5 Å². The van der Waals surface area contributed by atoms with Gasteiger partial charge in [-0.3, -0.25) is 0 Å². The molecular formula is C13H14N2O5S. The average molecular weight is 310 g/mol. The maximum atomic E-state index is 11.1. The zero-order valence-electron chi connectivity index (χ0n) is 11.2. The standard InChI is InChI=1S/C13H14N2O5S/c1-19-12-6-9(8-16)2-4-11(12)20-13-5-3-10(7-15-13)21(14,17)18/h2-7,16H,8H2,1H3,(H2,14,17,18). The second-order valence-corrected chi connectivity index (χ2v) is 5.68. The summed E-state index contributed by atoms with van der Waals surface area (Å²) in [7, 11) is -2.31. The van der Waals surface area contributed by atoms with E-state index in [9.17, 15) is 8.42 Å². The van der Waals surface area contributed by atoms with Crippen LogP contribution >= 0.6 is 0 Å². The van der Waals surface area contributed by atoms with Crippen molar-refractivity contribution >= 4 is 10.0 Å². The third-order valence-corrected chi connectivity index (χ3v) is 3.56. The molecule has 0 aliphatic heterocycles. The summed E-state index contributed by atoms with van der Waals surface area (Å²) in [6, 6.07) is 7.62. The Morgan fingerprint density at radius 2 is 2.00 bits per heavy atom. The molecule has 7 nitrogen and oxygen atoms in total. The molecule has 0 fully saturated rings. The van der Waals surface area contributed by atoms with Crippen LogP contribution < -0.4 is 14.6 Å². The molecule has 0 radical (unpaired) electrons. The fraction of sp³-hybridized carbons (Fsp3) is 0.154. The Kier molecular flexibility index (Phi) is 4.41. The number of hydrogen-bond donors (Lipinski definition) is 2. The summed E-state index contributed by atoms with van der Waals surface area (Å²) in [6.45, 7) is -0.113. The van der Waals surface area contributed by atoms with Crippen molar-refractivity contribution in [1.29, 1.82) is 0 Å². The van der Waals surface area contributed by atoms with Crippen LogP contribution in [0.5, 0.6) is 17.4 Å². The van der Waals surface area contributed by atoms with Crippen LogP contribution in [0, 0.1) is 0 Å². The predicted octanol–water partition coefficient (Wildman–Crippen LogP) is 1.02. The van der Waals surface area contributed by atoms with E-state index in [4.69, 9.17) is 19.7 Å². The van der Waals surface area contributed by atoms with E-state index in [1.165, 1.54) is 19.2 Å². The Morgan fingerprint density at radius 3 is 2.52 bits per heavy atom. The fourth-order valence-corrected chi connectivity index (χ4v) is 2.06. The molecule has 1 aromatic heterocycles. The summed E-state index contributed by atoms with van der Waals surface area (Å²) in [5, 5.41) is 14.1. The fourth-order valence-electron chi connectivity index (χ4n) is 1.60. The topological polar surface area (TPSA) is 112 Å². The monoisotopic (exact) mass is 310 g/mol. The number of nitrogens with zero attached hydrogens (tertiary/aromatic N) is 1. The predicted molar refractivity (Wildman–Crippen MR) is 74.6 cm³/mol. The molecule has 1 aromatic carbocycles. The summed E-state index contributed by atoms with van der Waals surface area (Å²) in [5.74, 6) is 1.02. The molecule has 0 atom stereocenters. The highest BCUT2D eigenvalue weighted by atomic mass is 32.2. The van der Waals surface area contributed by atoms with Crippen LogP contribution in [-0.4, -0.2) is 25.6 Å². The first-order valence-corrected chi connectivity index (χ1v) is 7.43. The lowest BCUT2D eigenvalue weighted by atomic mass is 10.2. The van der Waals surface area contributed by atoms with Crippen molar-refractivity contribution in [2.24, 2.45) is 5.14 Å². The second kappa shape index (κ2) is 6.08. The number of aromatic nitrogens is 1. The molecule has 0 spiro atoms. The Hall–Kier alpha value is -2.16. The third kappa shape index (κ3) is 3.69. The van der Waals surface area contributed by atoms with Crippen molar-refractivity contribution in [2.45, 2.75) is 11.5 Å². The lowest BCUT2D eigenvalue weighted by molar-refractivity contribution is 0.280. The number of aliphatic hydroxyl groups is 1. The zero-order chi connectivity index (χ0) is 15.5. The average Bonchev–Trinajstić information content (AvgIpc) is 2.47. The van der Waals surface area contributed by atoms with Crippen molar-refractivity contribution in [2.75, 3.05) is 7.11 Å². The van der Waals surface area contributed by atoms with Gasteiger partial charge in [-0.05, 0) is 23.8 Å². The maximum absolute atomic E-state index is 11.1. The van der Waals surface area contributed by atoms with E-state index in [1.54, 1.807) is 18.2 Å². The summed E-state index contributed by atoms with van der Waals surface area (Å²) < 4.78 is 32.9. The van der Waals surface area contributed by atoms with Gasteiger partial charge in [-0.1, -0.05) is 6.07 Å². The molecular weight excluding hydrogens is 296 g/mol. The Morgan fingerprint density at radius 1 is 1.24 bits per heavy atom. The Balaban J connectivity index is 2.26. The van der Waals surface area contributed by atoms with E-state index in [2.05, 4.69) is 4.98 Å². The molecule has 2 aromatic rings. The maximum Gasteiger partial charge on any atom is 0.239 e. The molecule has 0 saturated heterocycles. The number of rotatable bonds is 5. The van der Waals surface area contributed by atoms with Crippen LogP contribution in [0.2, 0.25) is 0 Å². The van der Waals surface area contributed by atoms with Gasteiger partial charge in [0.15, 0.2) is 11.5 Å². The van der Waals surface area contributed by atoms with Crippen LogP contribution in [0.15, 0.2) is 41.4 Å². The highest BCUT2D eigenvalue weighted by Gasteiger charge is 2.10. The normalized spacial score (nSPS) is 11.2.